The van der Waals surface area contributed by atoms with Crippen LogP contribution in [0.1, 0.15) is 15.9 Å². The number of carbonyl (C=O) groups excluding carboxylic acids is 2. The van der Waals surface area contributed by atoms with Crippen LogP contribution in [0.25, 0.3) is 6.08 Å². The summed E-state index contributed by atoms with van der Waals surface area (Å²) in [5, 5.41) is 19.2. The number of hydrogen-bond donors (Lipinski definition) is 3. The standard InChI is InChI=1S/C20H16N2O7S2/c1-28-15-9-12(4-7-14(15)23)18(26)21-22-19(27)16(31-20(22)30)8-11-2-5-13(6-3-11)29-10-17(24)25/h2-9,23H,10H2,1H3,(H,21,26)(H,24,25)/b16-8-. The summed E-state index contributed by atoms with van der Waals surface area (Å²) in [7, 11) is 1.36. The molecule has 11 heteroatoms. The first kappa shape index (κ1) is 22.1. The van der Waals surface area contributed by atoms with Crippen LogP contribution >= 0.6 is 24.0 Å². The first-order chi connectivity index (χ1) is 14.8. The molecule has 0 atom stereocenters. The van der Waals surface area contributed by atoms with Crippen molar-refractivity contribution in [3.05, 3.63) is 58.5 Å². The Hall–Kier alpha value is -3.57. The van der Waals surface area contributed by atoms with Gasteiger partial charge in [0.05, 0.1) is 12.0 Å². The molecule has 0 aliphatic carbocycles. The first-order valence-electron chi connectivity index (χ1n) is 8.69. The quantitative estimate of drug-likeness (QED) is 0.422. The van der Waals surface area contributed by atoms with Crippen LogP contribution in [0.5, 0.6) is 17.2 Å². The number of rotatable bonds is 7. The maximum Gasteiger partial charge on any atom is 0.341 e. The van der Waals surface area contributed by atoms with Crippen LogP contribution in [0.3, 0.4) is 0 Å². The molecule has 1 aliphatic rings. The summed E-state index contributed by atoms with van der Waals surface area (Å²) in [5.74, 6) is -1.80. The third-order valence-corrected chi connectivity index (χ3v) is 5.29. The van der Waals surface area contributed by atoms with Gasteiger partial charge in [0.2, 0.25) is 0 Å². The zero-order valence-corrected chi connectivity index (χ0v) is 17.7. The Bertz CT molecular complexity index is 1080. The van der Waals surface area contributed by atoms with Gasteiger partial charge in [0.1, 0.15) is 5.75 Å². The SMILES string of the molecule is COc1cc(C(=O)NN2C(=O)/C(=C/c3ccc(OCC(=O)O)cc3)SC2=S)ccc1O. The average molecular weight is 460 g/mol. The second-order valence-corrected chi connectivity index (χ2v) is 7.77. The number of nitrogens with zero attached hydrogens (tertiary/aromatic N) is 1. The number of phenols is 1. The van der Waals surface area contributed by atoms with Crippen molar-refractivity contribution in [3.63, 3.8) is 0 Å². The molecular weight excluding hydrogens is 444 g/mol. The summed E-state index contributed by atoms with van der Waals surface area (Å²) in [4.78, 5) is 36.0. The van der Waals surface area contributed by atoms with Gasteiger partial charge in [-0.2, -0.15) is 5.01 Å². The number of phenolic OH excluding ortho intramolecular Hbond substituents is 1. The van der Waals surface area contributed by atoms with Crippen molar-refractivity contribution in [1.82, 2.24) is 10.4 Å². The van der Waals surface area contributed by atoms with E-state index in [0.717, 1.165) is 16.8 Å². The molecule has 0 saturated carbocycles. The second-order valence-electron chi connectivity index (χ2n) is 6.10. The Balaban J connectivity index is 1.70. The zero-order valence-electron chi connectivity index (χ0n) is 16.0. The van der Waals surface area contributed by atoms with Crippen LogP contribution in [-0.2, 0) is 9.59 Å². The Morgan fingerprint density at radius 2 is 1.94 bits per heavy atom. The number of benzene rings is 2. The molecule has 9 nitrogen and oxygen atoms in total. The van der Waals surface area contributed by atoms with Crippen LogP contribution in [0.4, 0.5) is 0 Å². The number of hydrazine groups is 1. The summed E-state index contributed by atoms with van der Waals surface area (Å²) in [6.07, 6.45) is 1.59. The van der Waals surface area contributed by atoms with Gasteiger partial charge in [-0.15, -0.1) is 0 Å². The number of nitrogens with one attached hydrogen (secondary N) is 1. The van der Waals surface area contributed by atoms with E-state index in [-0.39, 0.29) is 21.4 Å². The van der Waals surface area contributed by atoms with Crippen LogP contribution in [-0.4, -0.2) is 51.0 Å². The number of aromatic hydroxyl groups is 1. The molecular formula is C20H16N2O7S2. The number of thioether (sulfide) groups is 1. The molecule has 1 aliphatic heterocycles. The molecule has 3 N–H and O–H groups in total. The van der Waals surface area contributed by atoms with Crippen LogP contribution in [0.2, 0.25) is 0 Å². The topological polar surface area (TPSA) is 125 Å². The summed E-state index contributed by atoms with van der Waals surface area (Å²) in [6.45, 7) is -0.454. The molecule has 0 bridgehead atoms. The highest BCUT2D eigenvalue weighted by Gasteiger charge is 2.33. The average Bonchev–Trinajstić information content (AvgIpc) is 3.00. The van der Waals surface area contributed by atoms with Crippen molar-refractivity contribution in [3.8, 4) is 17.2 Å². The van der Waals surface area contributed by atoms with Crippen molar-refractivity contribution in [2.24, 2.45) is 0 Å². The highest BCUT2D eigenvalue weighted by atomic mass is 32.2. The van der Waals surface area contributed by atoms with E-state index >= 15 is 0 Å². The Labute approximate surface area is 186 Å². The third kappa shape index (κ3) is 5.32. The third-order valence-electron chi connectivity index (χ3n) is 3.99. The molecule has 0 unspecified atom stereocenters. The van der Waals surface area contributed by atoms with Crippen LogP contribution in [0.15, 0.2) is 47.4 Å². The van der Waals surface area contributed by atoms with E-state index in [2.05, 4.69) is 5.43 Å². The minimum Gasteiger partial charge on any atom is -0.504 e. The predicted molar refractivity (Wildman–Crippen MR) is 117 cm³/mol. The fraction of sp³-hybridized carbons (Fsp3) is 0.100. The first-order valence-corrected chi connectivity index (χ1v) is 9.91. The number of carboxylic acid groups (broad SMARTS) is 1. The largest absolute Gasteiger partial charge is 0.504 e. The maximum absolute atomic E-state index is 12.7. The lowest BCUT2D eigenvalue weighted by molar-refractivity contribution is -0.139. The molecule has 0 radical (unpaired) electrons. The second kappa shape index (κ2) is 9.49. The summed E-state index contributed by atoms with van der Waals surface area (Å²) >= 11 is 6.22. The summed E-state index contributed by atoms with van der Waals surface area (Å²) < 4.78 is 10.2. The number of thiocarbonyl (C=S) groups is 1. The summed E-state index contributed by atoms with van der Waals surface area (Å²) in [6, 6.07) is 10.5. The molecule has 1 fully saturated rings. The molecule has 2 amide bonds. The van der Waals surface area contributed by atoms with E-state index in [0.29, 0.717) is 16.2 Å². The van der Waals surface area contributed by atoms with Gasteiger partial charge < -0.3 is 19.7 Å². The van der Waals surface area contributed by atoms with Gasteiger partial charge in [0.15, 0.2) is 22.4 Å². The van der Waals surface area contributed by atoms with Gasteiger partial charge in [-0.1, -0.05) is 23.9 Å². The van der Waals surface area contributed by atoms with E-state index in [4.69, 9.17) is 26.8 Å². The molecule has 2 aromatic carbocycles. The fourth-order valence-corrected chi connectivity index (χ4v) is 3.69. The van der Waals surface area contributed by atoms with E-state index in [1.165, 1.54) is 25.3 Å². The minimum atomic E-state index is -1.08. The van der Waals surface area contributed by atoms with Crippen molar-refractivity contribution in [1.29, 1.82) is 0 Å². The molecule has 1 saturated heterocycles. The highest BCUT2D eigenvalue weighted by molar-refractivity contribution is 8.26. The number of hydrogen-bond acceptors (Lipinski definition) is 8. The number of carboxylic acids is 1. The molecule has 0 spiro atoms. The van der Waals surface area contributed by atoms with Crippen molar-refractivity contribution < 1.29 is 34.1 Å². The van der Waals surface area contributed by atoms with E-state index < -0.39 is 24.4 Å². The molecule has 2 aromatic rings. The van der Waals surface area contributed by atoms with Gasteiger partial charge in [-0.3, -0.25) is 15.0 Å². The normalized spacial score (nSPS) is 14.6. The van der Waals surface area contributed by atoms with Gasteiger partial charge in [0, 0.05) is 5.56 Å². The van der Waals surface area contributed by atoms with E-state index in [1.54, 1.807) is 30.3 Å². The molecule has 31 heavy (non-hydrogen) atoms. The molecule has 160 valence electrons. The number of aliphatic carboxylic acids is 1. The maximum atomic E-state index is 12.7. The number of carbonyl (C=O) groups is 3. The lowest BCUT2D eigenvalue weighted by Gasteiger charge is -2.16. The summed E-state index contributed by atoms with van der Waals surface area (Å²) in [5.41, 5.74) is 3.28. The van der Waals surface area contributed by atoms with Crippen molar-refractivity contribution >= 4 is 52.2 Å². The van der Waals surface area contributed by atoms with Gasteiger partial charge in [-0.25, -0.2) is 4.79 Å². The van der Waals surface area contributed by atoms with Crippen LogP contribution < -0.4 is 14.9 Å². The van der Waals surface area contributed by atoms with E-state index in [1.807, 2.05) is 0 Å². The van der Waals surface area contributed by atoms with E-state index in [9.17, 15) is 19.5 Å². The van der Waals surface area contributed by atoms with Gasteiger partial charge in [-0.05, 0) is 54.2 Å². The Kier molecular flexibility index (Phi) is 6.78. The Morgan fingerprint density at radius 1 is 1.23 bits per heavy atom. The Morgan fingerprint density at radius 3 is 2.58 bits per heavy atom. The van der Waals surface area contributed by atoms with Crippen molar-refractivity contribution in [2.45, 2.75) is 0 Å². The van der Waals surface area contributed by atoms with Crippen molar-refractivity contribution in [2.75, 3.05) is 13.7 Å². The fourth-order valence-electron chi connectivity index (χ4n) is 2.51. The minimum absolute atomic E-state index is 0.119. The highest BCUT2D eigenvalue weighted by Crippen LogP contribution is 2.32. The lowest BCUT2D eigenvalue weighted by Crippen LogP contribution is -2.44. The number of amides is 2. The van der Waals surface area contributed by atoms with Gasteiger partial charge in [0.25, 0.3) is 11.8 Å². The number of ether oxygens (including phenoxy) is 2. The van der Waals surface area contributed by atoms with Crippen LogP contribution in [0, 0.1) is 0 Å². The zero-order chi connectivity index (χ0) is 22.5. The number of methoxy groups -OCH3 is 1. The lowest BCUT2D eigenvalue weighted by atomic mass is 10.2. The molecule has 3 rings (SSSR count). The molecule has 0 aromatic heterocycles. The van der Waals surface area contributed by atoms with Gasteiger partial charge >= 0.3 is 5.97 Å². The smallest absolute Gasteiger partial charge is 0.341 e. The predicted octanol–water partition coefficient (Wildman–Crippen LogP) is 2.41. The molecule has 1 heterocycles. The monoisotopic (exact) mass is 460 g/mol.